The highest BCUT2D eigenvalue weighted by Crippen LogP contribution is 2.30. The standard InChI is InChI=1S/C17H23N3/c1-12-10-20(11-13(12)2)17-6-3-14(7-15(17)8-18)9-19-16-4-5-16/h3,6-7,12-13,16,19H,4-5,9-11H2,1-2H3. The minimum Gasteiger partial charge on any atom is -0.370 e. The molecule has 0 aromatic heterocycles. The van der Waals surface area contributed by atoms with Crippen LogP contribution in [0.25, 0.3) is 0 Å². The molecule has 3 heteroatoms. The van der Waals surface area contributed by atoms with Crippen molar-refractivity contribution in [3.63, 3.8) is 0 Å². The largest absolute Gasteiger partial charge is 0.370 e. The van der Waals surface area contributed by atoms with Crippen LogP contribution in [0.5, 0.6) is 0 Å². The van der Waals surface area contributed by atoms with Crippen LogP contribution in [-0.4, -0.2) is 19.1 Å². The maximum atomic E-state index is 9.43. The Morgan fingerprint density at radius 1 is 1.25 bits per heavy atom. The molecule has 1 aromatic rings. The molecule has 0 spiro atoms. The summed E-state index contributed by atoms with van der Waals surface area (Å²) in [5.74, 6) is 1.41. The average molecular weight is 269 g/mol. The average Bonchev–Trinajstić information content (AvgIpc) is 3.22. The first-order chi connectivity index (χ1) is 9.67. The van der Waals surface area contributed by atoms with E-state index in [0.29, 0.717) is 17.9 Å². The van der Waals surface area contributed by atoms with Gasteiger partial charge in [0, 0.05) is 25.7 Å². The van der Waals surface area contributed by atoms with Gasteiger partial charge in [-0.25, -0.2) is 0 Å². The van der Waals surface area contributed by atoms with E-state index >= 15 is 0 Å². The second-order valence-electron chi connectivity index (χ2n) is 6.48. The van der Waals surface area contributed by atoms with Crippen LogP contribution in [0.2, 0.25) is 0 Å². The topological polar surface area (TPSA) is 39.1 Å². The Kier molecular flexibility index (Phi) is 3.67. The van der Waals surface area contributed by atoms with Gasteiger partial charge in [0.1, 0.15) is 6.07 Å². The summed E-state index contributed by atoms with van der Waals surface area (Å²) in [5, 5.41) is 12.9. The first-order valence-electron chi connectivity index (χ1n) is 7.68. The van der Waals surface area contributed by atoms with Gasteiger partial charge in [0.2, 0.25) is 0 Å². The quantitative estimate of drug-likeness (QED) is 0.913. The Hall–Kier alpha value is -1.53. The summed E-state index contributed by atoms with van der Waals surface area (Å²) < 4.78 is 0. The second kappa shape index (κ2) is 5.46. The van der Waals surface area contributed by atoms with E-state index in [0.717, 1.165) is 30.9 Å². The molecule has 2 fully saturated rings. The van der Waals surface area contributed by atoms with E-state index in [9.17, 15) is 5.26 Å². The zero-order valence-corrected chi connectivity index (χ0v) is 12.4. The number of anilines is 1. The molecule has 1 saturated heterocycles. The third kappa shape index (κ3) is 2.81. The van der Waals surface area contributed by atoms with E-state index in [-0.39, 0.29) is 0 Å². The molecular formula is C17H23N3. The highest BCUT2D eigenvalue weighted by Gasteiger charge is 2.27. The lowest BCUT2D eigenvalue weighted by Gasteiger charge is -2.20. The monoisotopic (exact) mass is 269 g/mol. The Labute approximate surface area is 121 Å². The molecule has 20 heavy (non-hydrogen) atoms. The molecule has 0 amide bonds. The molecule has 1 aliphatic heterocycles. The number of hydrogen-bond donors (Lipinski definition) is 1. The molecule has 1 saturated carbocycles. The Morgan fingerprint density at radius 3 is 2.55 bits per heavy atom. The van der Waals surface area contributed by atoms with Crippen molar-refractivity contribution in [1.29, 1.82) is 5.26 Å². The molecule has 2 aliphatic rings. The van der Waals surface area contributed by atoms with Crippen LogP contribution in [0.1, 0.15) is 37.8 Å². The Morgan fingerprint density at radius 2 is 1.95 bits per heavy atom. The Bertz CT molecular complexity index is 518. The van der Waals surface area contributed by atoms with Crippen molar-refractivity contribution in [2.75, 3.05) is 18.0 Å². The zero-order chi connectivity index (χ0) is 14.1. The molecule has 1 heterocycles. The SMILES string of the molecule is CC1CN(c2ccc(CNC3CC3)cc2C#N)CC1C. The van der Waals surface area contributed by atoms with Crippen LogP contribution in [0.3, 0.4) is 0 Å². The third-order valence-electron chi connectivity index (χ3n) is 4.68. The van der Waals surface area contributed by atoms with Crippen molar-refractivity contribution in [2.24, 2.45) is 11.8 Å². The summed E-state index contributed by atoms with van der Waals surface area (Å²) >= 11 is 0. The molecule has 3 nitrogen and oxygen atoms in total. The molecule has 1 aliphatic carbocycles. The van der Waals surface area contributed by atoms with Gasteiger partial charge in [0.05, 0.1) is 11.3 Å². The maximum absolute atomic E-state index is 9.43. The van der Waals surface area contributed by atoms with E-state index in [1.54, 1.807) is 0 Å². The number of nitriles is 1. The summed E-state index contributed by atoms with van der Waals surface area (Å²) in [4.78, 5) is 2.37. The molecule has 0 radical (unpaired) electrons. The van der Waals surface area contributed by atoms with Gasteiger partial charge < -0.3 is 10.2 Å². The van der Waals surface area contributed by atoms with Crippen LogP contribution in [0.15, 0.2) is 18.2 Å². The lowest BCUT2D eigenvalue weighted by molar-refractivity contribution is 0.494. The fraction of sp³-hybridized carbons (Fsp3) is 0.588. The summed E-state index contributed by atoms with van der Waals surface area (Å²) in [6, 6.07) is 9.44. The van der Waals surface area contributed by atoms with Gasteiger partial charge in [-0.2, -0.15) is 5.26 Å². The lowest BCUT2D eigenvalue weighted by atomic mass is 10.0. The van der Waals surface area contributed by atoms with Crippen molar-refractivity contribution < 1.29 is 0 Å². The van der Waals surface area contributed by atoms with E-state index in [4.69, 9.17) is 0 Å². The van der Waals surface area contributed by atoms with Crippen LogP contribution >= 0.6 is 0 Å². The molecular weight excluding hydrogens is 246 g/mol. The summed E-state index contributed by atoms with van der Waals surface area (Å²) in [6.07, 6.45) is 2.60. The van der Waals surface area contributed by atoms with E-state index < -0.39 is 0 Å². The summed E-state index contributed by atoms with van der Waals surface area (Å²) in [5.41, 5.74) is 3.15. The molecule has 2 atom stereocenters. The summed E-state index contributed by atoms with van der Waals surface area (Å²) in [6.45, 7) is 7.60. The highest BCUT2D eigenvalue weighted by atomic mass is 15.2. The minimum atomic E-state index is 0.706. The van der Waals surface area contributed by atoms with Crippen molar-refractivity contribution in [1.82, 2.24) is 5.32 Å². The van der Waals surface area contributed by atoms with Gasteiger partial charge in [-0.1, -0.05) is 19.9 Å². The second-order valence-corrected chi connectivity index (χ2v) is 6.48. The van der Waals surface area contributed by atoms with Crippen molar-refractivity contribution in [3.8, 4) is 6.07 Å². The smallest absolute Gasteiger partial charge is 0.101 e. The number of nitrogens with one attached hydrogen (secondary N) is 1. The zero-order valence-electron chi connectivity index (χ0n) is 12.4. The molecule has 3 rings (SSSR count). The van der Waals surface area contributed by atoms with Crippen molar-refractivity contribution >= 4 is 5.69 Å². The fourth-order valence-electron chi connectivity index (χ4n) is 2.93. The van der Waals surface area contributed by atoms with Gasteiger partial charge in [-0.15, -0.1) is 0 Å². The van der Waals surface area contributed by atoms with Gasteiger partial charge >= 0.3 is 0 Å². The van der Waals surface area contributed by atoms with Crippen LogP contribution in [-0.2, 0) is 6.54 Å². The Balaban J connectivity index is 1.75. The first-order valence-corrected chi connectivity index (χ1v) is 7.68. The highest BCUT2D eigenvalue weighted by molar-refractivity contribution is 5.61. The van der Waals surface area contributed by atoms with Crippen LogP contribution in [0.4, 0.5) is 5.69 Å². The third-order valence-corrected chi connectivity index (χ3v) is 4.68. The van der Waals surface area contributed by atoms with Crippen LogP contribution in [0, 0.1) is 23.2 Å². The number of hydrogen-bond acceptors (Lipinski definition) is 3. The molecule has 1 N–H and O–H groups in total. The summed E-state index contributed by atoms with van der Waals surface area (Å²) in [7, 11) is 0. The van der Waals surface area contributed by atoms with Crippen molar-refractivity contribution in [2.45, 2.75) is 39.3 Å². The predicted octanol–water partition coefficient (Wildman–Crippen LogP) is 2.90. The number of rotatable bonds is 4. The van der Waals surface area contributed by atoms with Gasteiger partial charge in [-0.3, -0.25) is 0 Å². The van der Waals surface area contributed by atoms with Crippen LogP contribution < -0.4 is 10.2 Å². The number of benzene rings is 1. The maximum Gasteiger partial charge on any atom is 0.101 e. The predicted molar refractivity (Wildman–Crippen MR) is 81.6 cm³/mol. The number of nitrogens with zero attached hydrogens (tertiary/aromatic N) is 2. The lowest BCUT2D eigenvalue weighted by Crippen LogP contribution is -2.21. The molecule has 2 unspecified atom stereocenters. The molecule has 106 valence electrons. The fourth-order valence-corrected chi connectivity index (χ4v) is 2.93. The van der Waals surface area contributed by atoms with E-state index in [1.165, 1.54) is 18.4 Å². The normalized spacial score (nSPS) is 25.8. The van der Waals surface area contributed by atoms with Gasteiger partial charge in [0.15, 0.2) is 0 Å². The van der Waals surface area contributed by atoms with E-state index in [1.807, 2.05) is 0 Å². The van der Waals surface area contributed by atoms with Gasteiger partial charge in [0.25, 0.3) is 0 Å². The molecule has 1 aromatic carbocycles. The minimum absolute atomic E-state index is 0.706. The van der Waals surface area contributed by atoms with Crippen molar-refractivity contribution in [3.05, 3.63) is 29.3 Å². The molecule has 0 bridgehead atoms. The van der Waals surface area contributed by atoms with Gasteiger partial charge in [-0.05, 0) is 42.4 Å². The first kappa shape index (κ1) is 13.5. The van der Waals surface area contributed by atoms with E-state index in [2.05, 4.69) is 48.3 Å².